The number of hydrogen-bond acceptors (Lipinski definition) is 2. The molecule has 2 nitrogen and oxygen atoms in total. The lowest BCUT2D eigenvalue weighted by molar-refractivity contribution is 0.419. The van der Waals surface area contributed by atoms with Gasteiger partial charge in [0.05, 0.1) is 0 Å². The van der Waals surface area contributed by atoms with Crippen molar-refractivity contribution in [1.82, 2.24) is 10.6 Å². The molecule has 0 bridgehead atoms. The van der Waals surface area contributed by atoms with Crippen LogP contribution in [0, 0.1) is 0 Å². The molecule has 11 heavy (non-hydrogen) atoms. The third-order valence-electron chi connectivity index (χ3n) is 1.44. The average molecular weight is 158 g/mol. The standard InChI is InChI=1S/C9H22N2/c1-5-10-7-6-8-11-9(2,3)4/h10-11H,5-8H2,1-4H3. The maximum Gasteiger partial charge on any atom is 0.00965 e. The molecular formula is C9H22N2. The SMILES string of the molecule is CCNCCCNC(C)(C)C. The highest BCUT2D eigenvalue weighted by Crippen LogP contribution is 1.97. The molecule has 0 radical (unpaired) electrons. The van der Waals surface area contributed by atoms with Gasteiger partial charge < -0.3 is 10.6 Å². The van der Waals surface area contributed by atoms with Crippen molar-refractivity contribution in [3.63, 3.8) is 0 Å². The van der Waals surface area contributed by atoms with E-state index in [1.54, 1.807) is 0 Å². The summed E-state index contributed by atoms with van der Waals surface area (Å²) < 4.78 is 0. The van der Waals surface area contributed by atoms with Gasteiger partial charge in [-0.15, -0.1) is 0 Å². The van der Waals surface area contributed by atoms with E-state index in [0.29, 0.717) is 0 Å². The molecule has 2 heteroatoms. The van der Waals surface area contributed by atoms with Crippen LogP contribution in [0.4, 0.5) is 0 Å². The molecule has 0 unspecified atom stereocenters. The van der Waals surface area contributed by atoms with Crippen molar-refractivity contribution >= 4 is 0 Å². The normalized spacial score (nSPS) is 12.0. The van der Waals surface area contributed by atoms with Crippen molar-refractivity contribution in [3.05, 3.63) is 0 Å². The van der Waals surface area contributed by atoms with Crippen molar-refractivity contribution in [1.29, 1.82) is 0 Å². The van der Waals surface area contributed by atoms with E-state index in [9.17, 15) is 0 Å². The summed E-state index contributed by atoms with van der Waals surface area (Å²) in [6, 6.07) is 0. The van der Waals surface area contributed by atoms with Gasteiger partial charge in [-0.1, -0.05) is 6.92 Å². The molecule has 0 aromatic rings. The van der Waals surface area contributed by atoms with E-state index in [1.807, 2.05) is 0 Å². The van der Waals surface area contributed by atoms with E-state index < -0.39 is 0 Å². The minimum atomic E-state index is 0.270. The smallest absolute Gasteiger partial charge is 0.00965 e. The van der Waals surface area contributed by atoms with Gasteiger partial charge in [0.25, 0.3) is 0 Å². The van der Waals surface area contributed by atoms with Crippen LogP contribution in [0.15, 0.2) is 0 Å². The molecule has 0 aromatic carbocycles. The molecule has 0 amide bonds. The van der Waals surface area contributed by atoms with Gasteiger partial charge in [0, 0.05) is 5.54 Å². The molecule has 0 spiro atoms. The Morgan fingerprint density at radius 1 is 1.09 bits per heavy atom. The summed E-state index contributed by atoms with van der Waals surface area (Å²) in [7, 11) is 0. The first-order valence-corrected chi connectivity index (χ1v) is 4.52. The molecule has 0 saturated carbocycles. The quantitative estimate of drug-likeness (QED) is 0.591. The molecule has 68 valence electrons. The highest BCUT2D eigenvalue weighted by molar-refractivity contribution is 4.69. The lowest BCUT2D eigenvalue weighted by Gasteiger charge is -2.20. The van der Waals surface area contributed by atoms with Gasteiger partial charge in [0.1, 0.15) is 0 Å². The monoisotopic (exact) mass is 158 g/mol. The molecule has 2 N–H and O–H groups in total. The van der Waals surface area contributed by atoms with Crippen molar-refractivity contribution in [2.75, 3.05) is 19.6 Å². The Labute approximate surface area is 70.8 Å². The van der Waals surface area contributed by atoms with Crippen molar-refractivity contribution in [3.8, 4) is 0 Å². The summed E-state index contributed by atoms with van der Waals surface area (Å²) >= 11 is 0. The van der Waals surface area contributed by atoms with Crippen LogP contribution < -0.4 is 10.6 Å². The van der Waals surface area contributed by atoms with Crippen molar-refractivity contribution in [2.24, 2.45) is 0 Å². The van der Waals surface area contributed by atoms with Gasteiger partial charge in [-0.3, -0.25) is 0 Å². The minimum Gasteiger partial charge on any atom is -0.317 e. The summed E-state index contributed by atoms with van der Waals surface area (Å²) in [6.45, 7) is 12.0. The Hall–Kier alpha value is -0.0800. The minimum absolute atomic E-state index is 0.270. The van der Waals surface area contributed by atoms with Crippen LogP contribution in [0.3, 0.4) is 0 Å². The van der Waals surface area contributed by atoms with E-state index in [2.05, 4.69) is 38.3 Å². The third kappa shape index (κ3) is 9.92. The first-order valence-electron chi connectivity index (χ1n) is 4.52. The van der Waals surface area contributed by atoms with Gasteiger partial charge >= 0.3 is 0 Å². The number of hydrogen-bond donors (Lipinski definition) is 2. The van der Waals surface area contributed by atoms with Crippen LogP contribution in [0.1, 0.15) is 34.1 Å². The van der Waals surface area contributed by atoms with Gasteiger partial charge in [0.15, 0.2) is 0 Å². The molecule has 0 rings (SSSR count). The maximum atomic E-state index is 3.44. The van der Waals surface area contributed by atoms with Crippen LogP contribution >= 0.6 is 0 Å². The molecule has 0 aromatic heterocycles. The van der Waals surface area contributed by atoms with E-state index in [1.165, 1.54) is 6.42 Å². The Balaban J connectivity index is 3.02. The summed E-state index contributed by atoms with van der Waals surface area (Å²) in [5, 5.41) is 6.74. The predicted molar refractivity (Wildman–Crippen MR) is 50.9 cm³/mol. The third-order valence-corrected chi connectivity index (χ3v) is 1.44. The Morgan fingerprint density at radius 2 is 1.73 bits per heavy atom. The zero-order valence-corrected chi connectivity index (χ0v) is 8.33. The molecule has 0 saturated heterocycles. The van der Waals surface area contributed by atoms with Crippen molar-refractivity contribution in [2.45, 2.75) is 39.7 Å². The second-order valence-corrected chi connectivity index (χ2v) is 3.88. The summed E-state index contributed by atoms with van der Waals surface area (Å²) in [5.74, 6) is 0. The fourth-order valence-electron chi connectivity index (χ4n) is 0.854. The van der Waals surface area contributed by atoms with Gasteiger partial charge in [-0.25, -0.2) is 0 Å². The number of rotatable bonds is 5. The number of nitrogens with one attached hydrogen (secondary N) is 2. The molecule has 0 heterocycles. The van der Waals surface area contributed by atoms with E-state index in [4.69, 9.17) is 0 Å². The van der Waals surface area contributed by atoms with Crippen LogP contribution in [0.2, 0.25) is 0 Å². The van der Waals surface area contributed by atoms with E-state index in [-0.39, 0.29) is 5.54 Å². The molecule has 0 aliphatic rings. The van der Waals surface area contributed by atoms with E-state index >= 15 is 0 Å². The topological polar surface area (TPSA) is 24.1 Å². The molecular weight excluding hydrogens is 136 g/mol. The first-order chi connectivity index (χ1) is 5.06. The van der Waals surface area contributed by atoms with Crippen molar-refractivity contribution < 1.29 is 0 Å². The Morgan fingerprint density at radius 3 is 2.18 bits per heavy atom. The molecule has 0 atom stereocenters. The zero-order valence-electron chi connectivity index (χ0n) is 8.33. The second-order valence-electron chi connectivity index (χ2n) is 3.88. The van der Waals surface area contributed by atoms with Gasteiger partial charge in [0.2, 0.25) is 0 Å². The first kappa shape index (κ1) is 10.9. The zero-order chi connectivity index (χ0) is 8.74. The highest BCUT2D eigenvalue weighted by Gasteiger charge is 2.06. The van der Waals surface area contributed by atoms with Crippen LogP contribution in [0.5, 0.6) is 0 Å². The predicted octanol–water partition coefficient (Wildman–Crippen LogP) is 1.37. The fourth-order valence-corrected chi connectivity index (χ4v) is 0.854. The average Bonchev–Trinajstić information content (AvgIpc) is 1.85. The van der Waals surface area contributed by atoms with E-state index in [0.717, 1.165) is 19.6 Å². The highest BCUT2D eigenvalue weighted by atomic mass is 14.9. The fraction of sp³-hybridized carbons (Fsp3) is 1.00. The van der Waals surface area contributed by atoms with Crippen LogP contribution in [0.25, 0.3) is 0 Å². The molecule has 0 fully saturated rings. The van der Waals surface area contributed by atoms with Crippen LogP contribution in [-0.2, 0) is 0 Å². The summed E-state index contributed by atoms with van der Waals surface area (Å²) in [6.07, 6.45) is 1.21. The molecule has 0 aliphatic heterocycles. The summed E-state index contributed by atoms with van der Waals surface area (Å²) in [5.41, 5.74) is 0.270. The Bertz CT molecular complexity index is 84.1. The van der Waals surface area contributed by atoms with Gasteiger partial charge in [-0.05, 0) is 46.8 Å². The van der Waals surface area contributed by atoms with Gasteiger partial charge in [-0.2, -0.15) is 0 Å². The molecule has 0 aliphatic carbocycles. The summed E-state index contributed by atoms with van der Waals surface area (Å²) in [4.78, 5) is 0. The second kappa shape index (κ2) is 5.56. The largest absolute Gasteiger partial charge is 0.317 e. The maximum absolute atomic E-state index is 3.44. The lowest BCUT2D eigenvalue weighted by Crippen LogP contribution is -2.37. The Kier molecular flexibility index (Phi) is 5.51. The van der Waals surface area contributed by atoms with Crippen LogP contribution in [-0.4, -0.2) is 25.2 Å². The lowest BCUT2D eigenvalue weighted by atomic mass is 10.1.